The zero-order chi connectivity index (χ0) is 18.8. The van der Waals surface area contributed by atoms with E-state index in [0.29, 0.717) is 22.5 Å². The van der Waals surface area contributed by atoms with Gasteiger partial charge >= 0.3 is 0 Å². The summed E-state index contributed by atoms with van der Waals surface area (Å²) in [5, 5.41) is 0.622. The number of benzene rings is 3. The SMILES string of the molecule is O=c1[nH]c(-c2ccc(OCc3ccc(F)c(Cl)c3)cc2)nc2ccccc12. The number of hydrogen-bond acceptors (Lipinski definition) is 3. The van der Waals surface area contributed by atoms with Crippen molar-refractivity contribution < 1.29 is 9.13 Å². The molecule has 0 radical (unpaired) electrons. The molecule has 0 aliphatic rings. The highest BCUT2D eigenvalue weighted by Gasteiger charge is 2.06. The molecule has 1 heterocycles. The van der Waals surface area contributed by atoms with E-state index in [1.54, 1.807) is 36.4 Å². The minimum absolute atomic E-state index is 0.0674. The molecule has 3 aromatic carbocycles. The van der Waals surface area contributed by atoms with Crippen LogP contribution in [0.3, 0.4) is 0 Å². The Kier molecular flexibility index (Phi) is 4.60. The molecule has 0 fully saturated rings. The molecule has 0 aliphatic heterocycles. The van der Waals surface area contributed by atoms with E-state index >= 15 is 0 Å². The van der Waals surface area contributed by atoms with Crippen LogP contribution in [0, 0.1) is 5.82 Å². The molecular formula is C21H14ClFN2O2. The van der Waals surface area contributed by atoms with Crippen molar-refractivity contribution in [2.24, 2.45) is 0 Å². The van der Waals surface area contributed by atoms with Gasteiger partial charge in [0.05, 0.1) is 15.9 Å². The Morgan fingerprint density at radius 1 is 1.04 bits per heavy atom. The van der Waals surface area contributed by atoms with E-state index in [2.05, 4.69) is 9.97 Å². The van der Waals surface area contributed by atoms with Crippen LogP contribution in [-0.2, 0) is 6.61 Å². The summed E-state index contributed by atoms with van der Waals surface area (Å²) in [6, 6.07) is 18.9. The molecule has 4 aromatic rings. The van der Waals surface area contributed by atoms with Crippen molar-refractivity contribution in [2.75, 3.05) is 0 Å². The van der Waals surface area contributed by atoms with Gasteiger partial charge in [0.25, 0.3) is 5.56 Å². The fraction of sp³-hybridized carbons (Fsp3) is 0.0476. The number of halogens is 2. The van der Waals surface area contributed by atoms with E-state index in [-0.39, 0.29) is 17.2 Å². The first-order valence-corrected chi connectivity index (χ1v) is 8.64. The third-order valence-corrected chi connectivity index (χ3v) is 4.42. The van der Waals surface area contributed by atoms with Crippen molar-refractivity contribution in [3.63, 3.8) is 0 Å². The molecule has 0 spiro atoms. The lowest BCUT2D eigenvalue weighted by molar-refractivity contribution is 0.306. The van der Waals surface area contributed by atoms with Crippen LogP contribution in [0.5, 0.6) is 5.75 Å². The zero-order valence-electron chi connectivity index (χ0n) is 14.1. The summed E-state index contributed by atoms with van der Waals surface area (Å²) >= 11 is 5.77. The van der Waals surface area contributed by atoms with E-state index in [4.69, 9.17) is 16.3 Å². The van der Waals surface area contributed by atoms with Gasteiger partial charge in [0.15, 0.2) is 0 Å². The predicted molar refractivity (Wildman–Crippen MR) is 104 cm³/mol. The van der Waals surface area contributed by atoms with Crippen molar-refractivity contribution in [3.8, 4) is 17.1 Å². The quantitative estimate of drug-likeness (QED) is 0.544. The molecule has 1 N–H and O–H groups in total. The summed E-state index contributed by atoms with van der Waals surface area (Å²) in [5.74, 6) is 0.680. The summed E-state index contributed by atoms with van der Waals surface area (Å²) in [7, 11) is 0. The number of aromatic nitrogens is 2. The molecule has 134 valence electrons. The lowest BCUT2D eigenvalue weighted by atomic mass is 10.2. The second-order valence-corrected chi connectivity index (χ2v) is 6.40. The zero-order valence-corrected chi connectivity index (χ0v) is 14.8. The van der Waals surface area contributed by atoms with Gasteiger partial charge in [-0.15, -0.1) is 0 Å². The van der Waals surface area contributed by atoms with Crippen molar-refractivity contribution in [2.45, 2.75) is 6.61 Å². The number of ether oxygens (including phenoxy) is 1. The second kappa shape index (κ2) is 7.21. The number of nitrogens with zero attached hydrogens (tertiary/aromatic N) is 1. The third kappa shape index (κ3) is 3.68. The summed E-state index contributed by atoms with van der Waals surface area (Å²) in [4.78, 5) is 19.5. The maximum absolute atomic E-state index is 13.2. The summed E-state index contributed by atoms with van der Waals surface area (Å²) in [5.41, 5.74) is 2.01. The molecule has 1 aromatic heterocycles. The van der Waals surface area contributed by atoms with Crippen molar-refractivity contribution >= 4 is 22.5 Å². The first-order valence-electron chi connectivity index (χ1n) is 8.26. The molecule has 0 saturated carbocycles. The Hall–Kier alpha value is -3.18. The molecule has 0 bridgehead atoms. The maximum atomic E-state index is 13.2. The van der Waals surface area contributed by atoms with Crippen LogP contribution in [0.4, 0.5) is 4.39 Å². The van der Waals surface area contributed by atoms with Gasteiger partial charge in [-0.05, 0) is 54.1 Å². The van der Waals surface area contributed by atoms with E-state index in [0.717, 1.165) is 11.1 Å². The molecule has 0 amide bonds. The topological polar surface area (TPSA) is 55.0 Å². The minimum Gasteiger partial charge on any atom is -0.489 e. The fourth-order valence-corrected chi connectivity index (χ4v) is 2.93. The van der Waals surface area contributed by atoms with Gasteiger partial charge in [-0.25, -0.2) is 9.37 Å². The maximum Gasteiger partial charge on any atom is 0.259 e. The average Bonchev–Trinajstić information content (AvgIpc) is 2.69. The predicted octanol–water partition coefficient (Wildman–Crippen LogP) is 4.96. The Labute approximate surface area is 159 Å². The van der Waals surface area contributed by atoms with Crippen molar-refractivity contribution in [1.82, 2.24) is 9.97 Å². The number of nitrogens with one attached hydrogen (secondary N) is 1. The first-order chi connectivity index (χ1) is 13.1. The number of rotatable bonds is 4. The van der Waals surface area contributed by atoms with Crippen molar-refractivity contribution in [3.05, 3.63) is 93.5 Å². The van der Waals surface area contributed by atoms with Crippen LogP contribution in [0.2, 0.25) is 5.02 Å². The molecular weight excluding hydrogens is 367 g/mol. The third-order valence-electron chi connectivity index (χ3n) is 4.13. The Balaban J connectivity index is 1.53. The second-order valence-electron chi connectivity index (χ2n) is 5.99. The standard InChI is InChI=1S/C21H14ClFN2O2/c22-17-11-13(5-10-18(17)23)12-27-15-8-6-14(7-9-15)20-24-19-4-2-1-3-16(19)21(26)25-20/h1-11H,12H2,(H,24,25,26). The van der Waals surface area contributed by atoms with Gasteiger partial charge in [-0.3, -0.25) is 4.79 Å². The fourth-order valence-electron chi connectivity index (χ4n) is 2.73. The number of fused-ring (bicyclic) bond motifs is 1. The van der Waals surface area contributed by atoms with Crippen LogP contribution in [0.25, 0.3) is 22.3 Å². The van der Waals surface area contributed by atoms with E-state index in [1.165, 1.54) is 12.1 Å². The van der Waals surface area contributed by atoms with Crippen molar-refractivity contribution in [1.29, 1.82) is 0 Å². The highest BCUT2D eigenvalue weighted by Crippen LogP contribution is 2.22. The number of hydrogen-bond donors (Lipinski definition) is 1. The Morgan fingerprint density at radius 2 is 1.81 bits per heavy atom. The van der Waals surface area contributed by atoms with Crippen LogP contribution in [0.1, 0.15) is 5.56 Å². The van der Waals surface area contributed by atoms with Gasteiger partial charge in [0.2, 0.25) is 0 Å². The van der Waals surface area contributed by atoms with Gasteiger partial charge in [0.1, 0.15) is 24.0 Å². The Morgan fingerprint density at radius 3 is 2.59 bits per heavy atom. The number of aromatic amines is 1. The largest absolute Gasteiger partial charge is 0.489 e. The monoisotopic (exact) mass is 380 g/mol. The van der Waals surface area contributed by atoms with Gasteiger partial charge in [0, 0.05) is 5.56 Å². The van der Waals surface area contributed by atoms with Crippen LogP contribution < -0.4 is 10.3 Å². The molecule has 27 heavy (non-hydrogen) atoms. The van der Waals surface area contributed by atoms with Gasteiger partial charge in [-0.1, -0.05) is 29.8 Å². The molecule has 0 unspecified atom stereocenters. The highest BCUT2D eigenvalue weighted by atomic mass is 35.5. The van der Waals surface area contributed by atoms with Crippen LogP contribution in [-0.4, -0.2) is 9.97 Å². The molecule has 4 rings (SSSR count). The molecule has 0 aliphatic carbocycles. The number of H-pyrrole nitrogens is 1. The lowest BCUT2D eigenvalue weighted by Gasteiger charge is -2.08. The number of para-hydroxylation sites is 1. The molecule has 0 atom stereocenters. The molecule has 4 nitrogen and oxygen atoms in total. The van der Waals surface area contributed by atoms with Crippen LogP contribution >= 0.6 is 11.6 Å². The molecule has 0 saturated heterocycles. The van der Waals surface area contributed by atoms with E-state index in [1.807, 2.05) is 18.2 Å². The molecule has 6 heteroatoms. The van der Waals surface area contributed by atoms with E-state index in [9.17, 15) is 9.18 Å². The summed E-state index contributed by atoms with van der Waals surface area (Å²) < 4.78 is 18.9. The van der Waals surface area contributed by atoms with Gasteiger partial charge in [-0.2, -0.15) is 0 Å². The minimum atomic E-state index is -0.457. The summed E-state index contributed by atoms with van der Waals surface area (Å²) in [6.45, 7) is 0.268. The summed E-state index contributed by atoms with van der Waals surface area (Å²) in [6.07, 6.45) is 0. The lowest BCUT2D eigenvalue weighted by Crippen LogP contribution is -2.09. The van der Waals surface area contributed by atoms with E-state index < -0.39 is 5.82 Å². The average molecular weight is 381 g/mol. The van der Waals surface area contributed by atoms with Crippen LogP contribution in [0.15, 0.2) is 71.5 Å². The van der Waals surface area contributed by atoms with Gasteiger partial charge < -0.3 is 9.72 Å². The highest BCUT2D eigenvalue weighted by molar-refractivity contribution is 6.30. The smallest absolute Gasteiger partial charge is 0.259 e. The first kappa shape index (κ1) is 17.2. The Bertz CT molecular complexity index is 1170. The normalized spacial score (nSPS) is 10.9.